The van der Waals surface area contributed by atoms with E-state index in [1.807, 2.05) is 6.92 Å². The predicted molar refractivity (Wildman–Crippen MR) is 106 cm³/mol. The van der Waals surface area contributed by atoms with Crippen molar-refractivity contribution in [3.63, 3.8) is 0 Å². The fourth-order valence-corrected chi connectivity index (χ4v) is 8.70. The van der Waals surface area contributed by atoms with Gasteiger partial charge in [0.2, 0.25) is 5.79 Å². The lowest BCUT2D eigenvalue weighted by molar-refractivity contribution is -0.441. The minimum absolute atomic E-state index is 0.146. The lowest BCUT2D eigenvalue weighted by atomic mass is 9.36. The monoisotopic (exact) mass is 438 g/mol. The van der Waals surface area contributed by atoms with Gasteiger partial charge in [0, 0.05) is 36.7 Å². The SMILES string of the molecule is COC[C@@H]1C(=O)[C@]23C[C@H]1[C@@H](O)C[C@H]2[C@]12CCC[C@@](C)(COC(C)=O)[C@H]1[C@H](O)[C@@]3(O)OC2. The van der Waals surface area contributed by atoms with Crippen LogP contribution in [0, 0.1) is 39.9 Å². The van der Waals surface area contributed by atoms with Gasteiger partial charge < -0.3 is 29.5 Å². The third-order valence-electron chi connectivity index (χ3n) is 9.74. The van der Waals surface area contributed by atoms with Gasteiger partial charge in [-0.3, -0.25) is 9.59 Å². The number of aliphatic hydroxyl groups is 3. The van der Waals surface area contributed by atoms with Crippen LogP contribution in [0.4, 0.5) is 0 Å². The highest BCUT2D eigenvalue weighted by atomic mass is 16.6. The molecule has 6 aliphatic rings. The number of methoxy groups -OCH3 is 1. The summed E-state index contributed by atoms with van der Waals surface area (Å²) in [4.78, 5) is 25.4. The maximum absolute atomic E-state index is 13.9. The Labute approximate surface area is 182 Å². The second-order valence-corrected chi connectivity index (χ2v) is 11.0. The highest BCUT2D eigenvalue weighted by Crippen LogP contribution is 2.76. The van der Waals surface area contributed by atoms with E-state index in [1.54, 1.807) is 0 Å². The zero-order chi connectivity index (χ0) is 22.4. The summed E-state index contributed by atoms with van der Waals surface area (Å²) < 4.78 is 16.7. The standard InChI is InChI=1S/C23H34O8/c1-12(24)30-10-20(2)5-4-6-21-11-31-23(28,19(27)17(20)21)22-8-13(15(25)7-16(21)22)14(9-29-3)18(22)26/h13-17,19,25,27-28H,4-11H2,1-3H3/t13-,14+,15+,16+,17-,19+,20+,21-,22+,23-/m1/s1. The number of ketones is 1. The van der Waals surface area contributed by atoms with E-state index >= 15 is 0 Å². The summed E-state index contributed by atoms with van der Waals surface area (Å²) in [7, 11) is 1.53. The highest BCUT2D eigenvalue weighted by Gasteiger charge is 2.84. The van der Waals surface area contributed by atoms with Crippen molar-refractivity contribution in [1.82, 2.24) is 0 Å². The summed E-state index contributed by atoms with van der Waals surface area (Å²) in [6.45, 7) is 3.91. The van der Waals surface area contributed by atoms with Crippen LogP contribution in [0.3, 0.4) is 0 Å². The van der Waals surface area contributed by atoms with Gasteiger partial charge in [-0.2, -0.15) is 0 Å². The van der Waals surface area contributed by atoms with Crippen LogP contribution in [0.5, 0.6) is 0 Å². The Balaban J connectivity index is 1.64. The van der Waals surface area contributed by atoms with Crippen LogP contribution in [-0.4, -0.2) is 72.0 Å². The van der Waals surface area contributed by atoms with Crippen molar-refractivity contribution in [3.05, 3.63) is 0 Å². The van der Waals surface area contributed by atoms with Crippen LogP contribution in [0.25, 0.3) is 0 Å². The molecule has 8 nitrogen and oxygen atoms in total. The van der Waals surface area contributed by atoms with Crippen molar-refractivity contribution in [1.29, 1.82) is 0 Å². The van der Waals surface area contributed by atoms with E-state index in [2.05, 4.69) is 0 Å². The van der Waals surface area contributed by atoms with Gasteiger partial charge in [0.1, 0.15) is 6.10 Å². The van der Waals surface area contributed by atoms with E-state index in [9.17, 15) is 24.9 Å². The molecule has 0 unspecified atom stereocenters. The highest BCUT2D eigenvalue weighted by molar-refractivity contribution is 5.92. The average molecular weight is 439 g/mol. The molecule has 4 bridgehead atoms. The number of esters is 1. The second kappa shape index (κ2) is 6.73. The fraction of sp³-hybridized carbons (Fsp3) is 0.913. The van der Waals surface area contributed by atoms with E-state index in [0.717, 1.165) is 19.3 Å². The molecule has 0 aromatic heterocycles. The molecule has 174 valence electrons. The molecule has 3 N–H and O–H groups in total. The Kier molecular flexibility index (Phi) is 4.73. The maximum atomic E-state index is 13.9. The number of hydrogen-bond acceptors (Lipinski definition) is 8. The summed E-state index contributed by atoms with van der Waals surface area (Å²) in [5, 5.41) is 34.6. The molecular formula is C23H34O8. The van der Waals surface area contributed by atoms with Crippen molar-refractivity contribution in [2.45, 2.75) is 63.9 Å². The topological polar surface area (TPSA) is 123 Å². The molecule has 2 saturated heterocycles. The van der Waals surface area contributed by atoms with Crippen molar-refractivity contribution in [3.8, 4) is 0 Å². The number of carbonyl (C=O) groups excluding carboxylic acids is 2. The van der Waals surface area contributed by atoms with Gasteiger partial charge in [-0.05, 0) is 37.5 Å². The Morgan fingerprint density at radius 3 is 2.71 bits per heavy atom. The van der Waals surface area contributed by atoms with E-state index < -0.39 is 46.1 Å². The summed E-state index contributed by atoms with van der Waals surface area (Å²) in [5.41, 5.74) is -2.37. The number of ether oxygens (including phenoxy) is 3. The van der Waals surface area contributed by atoms with E-state index in [4.69, 9.17) is 14.2 Å². The second-order valence-electron chi connectivity index (χ2n) is 11.0. The van der Waals surface area contributed by atoms with Crippen molar-refractivity contribution in [2.75, 3.05) is 26.9 Å². The van der Waals surface area contributed by atoms with Crippen LogP contribution < -0.4 is 0 Å². The molecule has 0 amide bonds. The normalized spacial score (nSPS) is 55.0. The van der Waals surface area contributed by atoms with Gasteiger partial charge in [0.25, 0.3) is 0 Å². The molecule has 6 rings (SSSR count). The number of carbonyl (C=O) groups is 2. The molecule has 8 heteroatoms. The molecule has 0 aromatic rings. The fourth-order valence-electron chi connectivity index (χ4n) is 8.70. The van der Waals surface area contributed by atoms with Crippen molar-refractivity contribution < 1.29 is 39.1 Å². The van der Waals surface area contributed by atoms with Gasteiger partial charge in [-0.25, -0.2) is 0 Å². The molecular weight excluding hydrogens is 404 g/mol. The zero-order valence-electron chi connectivity index (χ0n) is 18.5. The summed E-state index contributed by atoms with van der Waals surface area (Å²) in [6.07, 6.45) is 1.08. The zero-order valence-corrected chi connectivity index (χ0v) is 18.5. The summed E-state index contributed by atoms with van der Waals surface area (Å²) >= 11 is 0. The largest absolute Gasteiger partial charge is 0.465 e. The van der Waals surface area contributed by atoms with Crippen LogP contribution in [0.15, 0.2) is 0 Å². The van der Waals surface area contributed by atoms with E-state index in [-0.39, 0.29) is 43.4 Å². The molecule has 2 aliphatic heterocycles. The molecule has 10 atom stereocenters. The van der Waals surface area contributed by atoms with Crippen molar-refractivity contribution >= 4 is 11.8 Å². The summed E-state index contributed by atoms with van der Waals surface area (Å²) in [5.74, 6) is -4.08. The smallest absolute Gasteiger partial charge is 0.302 e. The van der Waals surface area contributed by atoms with Crippen LogP contribution in [-0.2, 0) is 23.8 Å². The van der Waals surface area contributed by atoms with Crippen LogP contribution >= 0.6 is 0 Å². The third kappa shape index (κ3) is 2.43. The number of Topliss-reactive ketones (excluding diaryl/α,β-unsaturated/α-hetero) is 1. The van der Waals surface area contributed by atoms with E-state index in [0.29, 0.717) is 12.8 Å². The quantitative estimate of drug-likeness (QED) is 0.547. The van der Waals surface area contributed by atoms with Gasteiger partial charge >= 0.3 is 5.97 Å². The van der Waals surface area contributed by atoms with Gasteiger partial charge in [-0.1, -0.05) is 13.3 Å². The summed E-state index contributed by atoms with van der Waals surface area (Å²) in [6, 6.07) is 0. The molecule has 0 radical (unpaired) electrons. The van der Waals surface area contributed by atoms with Crippen molar-refractivity contribution in [2.24, 2.45) is 39.9 Å². The maximum Gasteiger partial charge on any atom is 0.302 e. The molecule has 6 fully saturated rings. The van der Waals surface area contributed by atoms with Crippen LogP contribution in [0.2, 0.25) is 0 Å². The molecule has 4 aliphatic carbocycles. The molecule has 2 heterocycles. The minimum atomic E-state index is -2.02. The first-order chi connectivity index (χ1) is 14.6. The van der Waals surface area contributed by atoms with Gasteiger partial charge in [-0.15, -0.1) is 0 Å². The first-order valence-corrected chi connectivity index (χ1v) is 11.5. The predicted octanol–water partition coefficient (Wildman–Crippen LogP) is 0.654. The van der Waals surface area contributed by atoms with Gasteiger partial charge in [0.05, 0.1) is 31.3 Å². The molecule has 31 heavy (non-hydrogen) atoms. The average Bonchev–Trinajstić information content (AvgIpc) is 2.96. The third-order valence-corrected chi connectivity index (χ3v) is 9.74. The first kappa shape index (κ1) is 21.8. The van der Waals surface area contributed by atoms with Gasteiger partial charge in [0.15, 0.2) is 5.78 Å². The number of fused-ring (bicyclic) bond motifs is 2. The lowest BCUT2D eigenvalue weighted by Crippen LogP contribution is -2.82. The Morgan fingerprint density at radius 2 is 2.03 bits per heavy atom. The molecule has 0 aromatic carbocycles. The van der Waals surface area contributed by atoms with Crippen LogP contribution in [0.1, 0.15) is 46.0 Å². The minimum Gasteiger partial charge on any atom is -0.465 e. The number of rotatable bonds is 4. The molecule has 4 saturated carbocycles. The first-order valence-electron chi connectivity index (χ1n) is 11.5. The number of aliphatic hydroxyl groups excluding tert-OH is 2. The van der Waals surface area contributed by atoms with E-state index in [1.165, 1.54) is 14.0 Å². The molecule has 2 spiro atoms. The Morgan fingerprint density at radius 1 is 1.29 bits per heavy atom. The number of hydrogen-bond donors (Lipinski definition) is 3. The Bertz CT molecular complexity index is 800. The Hall–Kier alpha value is -1.06. The lowest BCUT2D eigenvalue weighted by Gasteiger charge is -2.73.